The Hall–Kier alpha value is -1.13. The van der Waals surface area contributed by atoms with Crippen molar-refractivity contribution in [1.82, 2.24) is 0 Å². The molecule has 4 heteroatoms. The van der Waals surface area contributed by atoms with Gasteiger partial charge in [-0.3, -0.25) is 0 Å². The Balaban J connectivity index is 1.85. The highest BCUT2D eigenvalue weighted by molar-refractivity contribution is 8.02. The van der Waals surface area contributed by atoms with Crippen molar-refractivity contribution in [1.29, 1.82) is 0 Å². The lowest BCUT2D eigenvalue weighted by atomic mass is 10.1. The van der Waals surface area contributed by atoms with Crippen LogP contribution in [-0.2, 0) is 10.5 Å². The third kappa shape index (κ3) is 2.28. The molecular formula is C13H16N2OS. The molecule has 1 N–H and O–H groups in total. The molecule has 1 fully saturated rings. The van der Waals surface area contributed by atoms with E-state index in [1.54, 1.807) is 11.8 Å². The van der Waals surface area contributed by atoms with Crippen molar-refractivity contribution in [2.45, 2.75) is 5.75 Å². The number of anilines is 2. The monoisotopic (exact) mass is 248 g/mol. The molecule has 0 aliphatic carbocycles. The van der Waals surface area contributed by atoms with Gasteiger partial charge in [0.15, 0.2) is 0 Å². The maximum atomic E-state index is 5.38. The van der Waals surface area contributed by atoms with E-state index in [2.05, 4.69) is 35.0 Å². The van der Waals surface area contributed by atoms with Crippen LogP contribution in [0.3, 0.4) is 0 Å². The van der Waals surface area contributed by atoms with E-state index in [1.165, 1.54) is 16.9 Å². The molecule has 1 aromatic rings. The highest BCUT2D eigenvalue weighted by atomic mass is 32.2. The van der Waals surface area contributed by atoms with E-state index in [9.17, 15) is 0 Å². The normalized spacial score (nSPS) is 19.8. The van der Waals surface area contributed by atoms with Crippen LogP contribution in [0, 0.1) is 0 Å². The van der Waals surface area contributed by atoms with Crippen LogP contribution in [0.2, 0.25) is 0 Å². The van der Waals surface area contributed by atoms with E-state index in [0.29, 0.717) is 0 Å². The molecule has 0 unspecified atom stereocenters. The van der Waals surface area contributed by atoms with Crippen molar-refractivity contribution in [2.75, 3.05) is 36.5 Å². The summed E-state index contributed by atoms with van der Waals surface area (Å²) in [4.78, 5) is 2.39. The second-order valence-corrected chi connectivity index (χ2v) is 5.35. The molecule has 0 spiro atoms. The molecule has 2 aliphatic heterocycles. The van der Waals surface area contributed by atoms with Gasteiger partial charge in [-0.05, 0) is 23.8 Å². The molecule has 3 rings (SSSR count). The van der Waals surface area contributed by atoms with Crippen molar-refractivity contribution in [2.24, 2.45) is 0 Å². The number of hydrogen-bond acceptors (Lipinski definition) is 4. The first-order chi connectivity index (χ1) is 8.33. The van der Waals surface area contributed by atoms with E-state index in [-0.39, 0.29) is 0 Å². The smallest absolute Gasteiger partial charge is 0.0655 e. The van der Waals surface area contributed by atoms with E-state index < -0.39 is 0 Å². The largest absolute Gasteiger partial charge is 0.378 e. The minimum Gasteiger partial charge on any atom is -0.378 e. The quantitative estimate of drug-likeness (QED) is 0.826. The molecule has 0 saturated carbocycles. The van der Waals surface area contributed by atoms with E-state index >= 15 is 0 Å². The van der Waals surface area contributed by atoms with Crippen molar-refractivity contribution in [3.63, 3.8) is 0 Å². The maximum absolute atomic E-state index is 5.38. The average Bonchev–Trinajstić information content (AvgIpc) is 2.39. The van der Waals surface area contributed by atoms with Gasteiger partial charge in [0, 0.05) is 30.2 Å². The summed E-state index contributed by atoms with van der Waals surface area (Å²) in [5, 5.41) is 4.35. The summed E-state index contributed by atoms with van der Waals surface area (Å²) in [6, 6.07) is 6.62. The van der Waals surface area contributed by atoms with Gasteiger partial charge in [0.1, 0.15) is 0 Å². The first kappa shape index (κ1) is 11.0. The first-order valence-electron chi connectivity index (χ1n) is 5.87. The van der Waals surface area contributed by atoms with Gasteiger partial charge in [-0.25, -0.2) is 0 Å². The number of nitrogens with zero attached hydrogens (tertiary/aromatic N) is 1. The second-order valence-electron chi connectivity index (χ2n) is 4.28. The predicted molar refractivity (Wildman–Crippen MR) is 73.5 cm³/mol. The zero-order valence-corrected chi connectivity index (χ0v) is 10.6. The summed E-state index contributed by atoms with van der Waals surface area (Å²) in [6.07, 6.45) is 0. The fourth-order valence-electron chi connectivity index (χ4n) is 2.19. The predicted octanol–water partition coefficient (Wildman–Crippen LogP) is 2.65. The van der Waals surface area contributed by atoms with Gasteiger partial charge in [0.25, 0.3) is 0 Å². The second kappa shape index (κ2) is 4.63. The van der Waals surface area contributed by atoms with Crippen LogP contribution < -0.4 is 10.2 Å². The first-order valence-corrected chi connectivity index (χ1v) is 6.86. The summed E-state index contributed by atoms with van der Waals surface area (Å²) in [5.74, 6) is 1.01. The molecule has 90 valence electrons. The Morgan fingerprint density at radius 1 is 1.29 bits per heavy atom. The molecule has 0 amide bonds. The number of hydrogen-bond donors (Lipinski definition) is 1. The van der Waals surface area contributed by atoms with Crippen LogP contribution in [0.5, 0.6) is 0 Å². The van der Waals surface area contributed by atoms with E-state index in [1.807, 2.05) is 0 Å². The van der Waals surface area contributed by atoms with E-state index in [4.69, 9.17) is 4.74 Å². The van der Waals surface area contributed by atoms with Crippen LogP contribution in [0.25, 0.3) is 0 Å². The maximum Gasteiger partial charge on any atom is 0.0655 e. The van der Waals surface area contributed by atoms with Crippen LogP contribution in [-0.4, -0.2) is 26.3 Å². The number of benzene rings is 1. The Kier molecular flexibility index (Phi) is 2.99. The Morgan fingerprint density at radius 2 is 2.12 bits per heavy atom. The third-order valence-corrected chi connectivity index (χ3v) is 4.05. The number of nitrogens with one attached hydrogen (secondary N) is 1. The minimum atomic E-state index is 0.834. The molecule has 3 nitrogen and oxygen atoms in total. The van der Waals surface area contributed by atoms with Crippen LogP contribution in [0.4, 0.5) is 11.4 Å². The SMILES string of the molecule is C=C1Nc2ccc(N3CCOCC3)cc2CS1. The fourth-order valence-corrected chi connectivity index (χ4v) is 2.94. The lowest BCUT2D eigenvalue weighted by Gasteiger charge is -2.30. The molecule has 2 heterocycles. The molecular weight excluding hydrogens is 232 g/mol. The van der Waals surface area contributed by atoms with Crippen molar-refractivity contribution in [3.8, 4) is 0 Å². The summed E-state index contributed by atoms with van der Waals surface area (Å²) in [6.45, 7) is 7.60. The van der Waals surface area contributed by atoms with Crippen molar-refractivity contribution in [3.05, 3.63) is 35.4 Å². The molecule has 0 radical (unpaired) electrons. The van der Waals surface area contributed by atoms with Gasteiger partial charge < -0.3 is 15.0 Å². The topological polar surface area (TPSA) is 24.5 Å². The standard InChI is InChI=1S/C13H16N2OS/c1-10-14-13-3-2-12(8-11(13)9-17-10)15-4-6-16-7-5-15/h2-3,8,14H,1,4-7,9H2. The van der Waals surface area contributed by atoms with Crippen molar-refractivity contribution < 1.29 is 4.74 Å². The van der Waals surface area contributed by atoms with Gasteiger partial charge in [-0.2, -0.15) is 0 Å². The summed E-state index contributed by atoms with van der Waals surface area (Å²) in [7, 11) is 0. The zero-order chi connectivity index (χ0) is 11.7. The Labute approximate surface area is 106 Å². The van der Waals surface area contributed by atoms with Gasteiger partial charge in [-0.1, -0.05) is 6.58 Å². The van der Waals surface area contributed by atoms with Crippen molar-refractivity contribution >= 4 is 23.1 Å². The van der Waals surface area contributed by atoms with Crippen LogP contribution in [0.15, 0.2) is 29.8 Å². The highest BCUT2D eigenvalue weighted by Crippen LogP contribution is 2.35. The lowest BCUT2D eigenvalue weighted by molar-refractivity contribution is 0.122. The molecule has 2 aliphatic rings. The van der Waals surface area contributed by atoms with Gasteiger partial charge >= 0.3 is 0 Å². The van der Waals surface area contributed by atoms with Gasteiger partial charge in [0.05, 0.1) is 18.2 Å². The number of rotatable bonds is 1. The summed E-state index contributed by atoms with van der Waals surface area (Å²) in [5.41, 5.74) is 3.87. The number of morpholine rings is 1. The Morgan fingerprint density at radius 3 is 2.94 bits per heavy atom. The zero-order valence-electron chi connectivity index (χ0n) is 9.74. The molecule has 0 atom stereocenters. The van der Waals surface area contributed by atoms with E-state index in [0.717, 1.165) is 37.1 Å². The Bertz CT molecular complexity index is 441. The lowest BCUT2D eigenvalue weighted by Crippen LogP contribution is -2.36. The van der Waals surface area contributed by atoms with Gasteiger partial charge in [-0.15, -0.1) is 11.8 Å². The van der Waals surface area contributed by atoms with Crippen LogP contribution >= 0.6 is 11.8 Å². The summed E-state index contributed by atoms with van der Waals surface area (Å²) >= 11 is 1.77. The molecule has 1 aromatic carbocycles. The number of ether oxygens (including phenoxy) is 1. The number of thioether (sulfide) groups is 1. The van der Waals surface area contributed by atoms with Gasteiger partial charge in [0.2, 0.25) is 0 Å². The average molecular weight is 248 g/mol. The molecule has 1 saturated heterocycles. The molecule has 0 bridgehead atoms. The highest BCUT2D eigenvalue weighted by Gasteiger charge is 2.15. The molecule has 0 aromatic heterocycles. The third-order valence-electron chi connectivity index (χ3n) is 3.14. The molecule has 17 heavy (non-hydrogen) atoms. The summed E-state index contributed by atoms with van der Waals surface area (Å²) < 4.78 is 5.38. The minimum absolute atomic E-state index is 0.834. The fraction of sp³-hybridized carbons (Fsp3) is 0.385. The van der Waals surface area contributed by atoms with Crippen LogP contribution in [0.1, 0.15) is 5.56 Å². The number of fused-ring (bicyclic) bond motifs is 1.